The van der Waals surface area contributed by atoms with Crippen LogP contribution in [0.5, 0.6) is 5.88 Å². The van der Waals surface area contributed by atoms with Gasteiger partial charge in [0, 0.05) is 24.1 Å². The van der Waals surface area contributed by atoms with Crippen molar-refractivity contribution in [2.24, 2.45) is 0 Å². The van der Waals surface area contributed by atoms with Gasteiger partial charge in [-0.1, -0.05) is 17.8 Å². The summed E-state index contributed by atoms with van der Waals surface area (Å²) in [4.78, 5) is 22.9. The van der Waals surface area contributed by atoms with E-state index in [4.69, 9.17) is 4.74 Å². The summed E-state index contributed by atoms with van der Waals surface area (Å²) in [5, 5.41) is 1.39. The van der Waals surface area contributed by atoms with Gasteiger partial charge in [-0.3, -0.25) is 4.79 Å². The number of carbonyl (C=O) groups excluding carboxylic acids is 1. The lowest BCUT2D eigenvalue weighted by Gasteiger charge is -2.17. The molecule has 2 heterocycles. The van der Waals surface area contributed by atoms with Crippen LogP contribution in [0.2, 0.25) is 0 Å². The molecule has 3 rings (SSSR count). The topological polar surface area (TPSA) is 55.3 Å². The Hall–Kier alpha value is -2.06. The van der Waals surface area contributed by atoms with Gasteiger partial charge in [-0.25, -0.2) is 9.37 Å². The first-order valence-corrected chi connectivity index (χ1v) is 9.70. The number of hydrogen-bond donors (Lipinski definition) is 0. The summed E-state index contributed by atoms with van der Waals surface area (Å²) < 4.78 is 18.7. The van der Waals surface area contributed by atoms with E-state index in [0.717, 1.165) is 10.8 Å². The molecule has 1 aromatic heterocycles. The second kappa shape index (κ2) is 7.88. The van der Waals surface area contributed by atoms with Gasteiger partial charge >= 0.3 is 0 Å². The average Bonchev–Trinajstić information content (AvgIpc) is 3.09. The number of methoxy groups -OCH3 is 1. The molecule has 0 aliphatic carbocycles. The zero-order valence-corrected chi connectivity index (χ0v) is 15.4. The molecule has 0 N–H and O–H groups in total. The Kier molecular flexibility index (Phi) is 5.60. The standard InChI is InChI=1S/C17H16FN3O2S2/c1-23-15-12(10-19-17(20-15)24-2)9-14-21(6-7-25-14)16(22)11-4-3-5-13(18)8-11/h3-5,8-10H,6-7H2,1-2H3/b14-9+. The van der Waals surface area contributed by atoms with Gasteiger partial charge in [-0.2, -0.15) is 4.98 Å². The zero-order chi connectivity index (χ0) is 17.8. The Labute approximate surface area is 153 Å². The van der Waals surface area contributed by atoms with Crippen LogP contribution in [0.3, 0.4) is 0 Å². The Bertz CT molecular complexity index is 829. The molecule has 0 atom stereocenters. The molecular formula is C17H16FN3O2S2. The van der Waals surface area contributed by atoms with E-state index in [1.54, 1.807) is 36.0 Å². The summed E-state index contributed by atoms with van der Waals surface area (Å²) in [5.74, 6) is 0.582. The van der Waals surface area contributed by atoms with Gasteiger partial charge in [0.05, 0.1) is 17.7 Å². The lowest BCUT2D eigenvalue weighted by molar-refractivity contribution is 0.0830. The molecule has 0 saturated carbocycles. The molecule has 0 radical (unpaired) electrons. The van der Waals surface area contributed by atoms with Crippen LogP contribution in [0.25, 0.3) is 6.08 Å². The number of nitrogens with zero attached hydrogens (tertiary/aromatic N) is 3. The maximum Gasteiger partial charge on any atom is 0.258 e. The van der Waals surface area contributed by atoms with Crippen molar-refractivity contribution in [2.75, 3.05) is 25.7 Å². The summed E-state index contributed by atoms with van der Waals surface area (Å²) in [6.45, 7) is 0.567. The number of hydrogen-bond acceptors (Lipinski definition) is 6. The third kappa shape index (κ3) is 3.96. The molecule has 1 aromatic carbocycles. The monoisotopic (exact) mass is 377 g/mol. The summed E-state index contributed by atoms with van der Waals surface area (Å²) in [5.41, 5.74) is 1.02. The Balaban J connectivity index is 1.91. The number of rotatable bonds is 4. The second-order valence-electron chi connectivity index (χ2n) is 5.12. The van der Waals surface area contributed by atoms with Crippen LogP contribution in [0, 0.1) is 5.82 Å². The first-order chi connectivity index (χ1) is 12.1. The van der Waals surface area contributed by atoms with Gasteiger partial charge in [0.25, 0.3) is 5.91 Å². The fourth-order valence-electron chi connectivity index (χ4n) is 2.38. The second-order valence-corrected chi connectivity index (χ2v) is 7.01. The van der Waals surface area contributed by atoms with Crippen molar-refractivity contribution in [1.82, 2.24) is 14.9 Å². The zero-order valence-electron chi connectivity index (χ0n) is 13.7. The van der Waals surface area contributed by atoms with E-state index in [-0.39, 0.29) is 5.91 Å². The van der Waals surface area contributed by atoms with E-state index < -0.39 is 5.82 Å². The quantitative estimate of drug-likeness (QED) is 0.600. The van der Waals surface area contributed by atoms with Crippen LogP contribution in [-0.4, -0.2) is 46.4 Å². The average molecular weight is 377 g/mol. The van der Waals surface area contributed by atoms with Gasteiger partial charge in [0.1, 0.15) is 5.82 Å². The van der Waals surface area contributed by atoms with E-state index in [9.17, 15) is 9.18 Å². The highest BCUT2D eigenvalue weighted by Gasteiger charge is 2.26. The van der Waals surface area contributed by atoms with Crippen molar-refractivity contribution >= 4 is 35.5 Å². The molecule has 0 spiro atoms. The number of benzene rings is 1. The molecule has 1 fully saturated rings. The molecule has 1 aliphatic rings. The lowest BCUT2D eigenvalue weighted by atomic mass is 10.2. The third-order valence-electron chi connectivity index (χ3n) is 3.56. The molecular weight excluding hydrogens is 361 g/mol. The molecule has 1 aliphatic heterocycles. The number of amides is 1. The van der Waals surface area contributed by atoms with Gasteiger partial charge in [0.15, 0.2) is 5.16 Å². The largest absolute Gasteiger partial charge is 0.480 e. The van der Waals surface area contributed by atoms with E-state index in [1.807, 2.05) is 12.3 Å². The lowest BCUT2D eigenvalue weighted by Crippen LogP contribution is -2.26. The molecule has 1 amide bonds. The molecule has 2 aromatic rings. The predicted octanol–water partition coefficient (Wildman–Crippen LogP) is 3.53. The van der Waals surface area contributed by atoms with E-state index in [1.165, 1.54) is 30.0 Å². The minimum atomic E-state index is -0.425. The van der Waals surface area contributed by atoms with Crippen LogP contribution in [0.4, 0.5) is 4.39 Å². The third-order valence-corrected chi connectivity index (χ3v) is 5.14. The van der Waals surface area contributed by atoms with Crippen molar-refractivity contribution in [2.45, 2.75) is 5.16 Å². The highest BCUT2D eigenvalue weighted by molar-refractivity contribution is 8.03. The van der Waals surface area contributed by atoms with Gasteiger partial charge in [-0.15, -0.1) is 11.8 Å². The van der Waals surface area contributed by atoms with Crippen molar-refractivity contribution in [3.63, 3.8) is 0 Å². The normalized spacial score (nSPS) is 15.6. The number of halogens is 1. The maximum atomic E-state index is 13.4. The molecule has 25 heavy (non-hydrogen) atoms. The summed E-state index contributed by atoms with van der Waals surface area (Å²) in [7, 11) is 1.55. The van der Waals surface area contributed by atoms with Crippen LogP contribution < -0.4 is 4.74 Å². The first-order valence-electron chi connectivity index (χ1n) is 7.49. The number of carbonyl (C=O) groups is 1. The summed E-state index contributed by atoms with van der Waals surface area (Å²) in [6.07, 6.45) is 5.39. The first kappa shape index (κ1) is 17.8. The van der Waals surface area contributed by atoms with E-state index in [2.05, 4.69) is 9.97 Å². The van der Waals surface area contributed by atoms with Crippen molar-refractivity contribution < 1.29 is 13.9 Å². The van der Waals surface area contributed by atoms with Crippen LogP contribution in [0.15, 0.2) is 40.6 Å². The molecule has 5 nitrogen and oxygen atoms in total. The molecule has 0 unspecified atom stereocenters. The maximum absolute atomic E-state index is 13.4. The predicted molar refractivity (Wildman–Crippen MR) is 98.2 cm³/mol. The number of thioether (sulfide) groups is 2. The fourth-order valence-corrected chi connectivity index (χ4v) is 3.74. The Morgan fingerprint density at radius 3 is 3.04 bits per heavy atom. The number of ether oxygens (including phenoxy) is 1. The van der Waals surface area contributed by atoms with Crippen molar-refractivity contribution in [1.29, 1.82) is 0 Å². The highest BCUT2D eigenvalue weighted by Crippen LogP contribution is 2.33. The fraction of sp³-hybridized carbons (Fsp3) is 0.235. The van der Waals surface area contributed by atoms with E-state index in [0.29, 0.717) is 28.7 Å². The SMILES string of the molecule is COc1nc(SC)ncc1/C=C1/SCCN1C(=O)c1cccc(F)c1. The minimum Gasteiger partial charge on any atom is -0.480 e. The van der Waals surface area contributed by atoms with Crippen LogP contribution in [-0.2, 0) is 0 Å². The molecule has 130 valence electrons. The smallest absolute Gasteiger partial charge is 0.258 e. The summed E-state index contributed by atoms with van der Waals surface area (Å²) in [6, 6.07) is 5.72. The van der Waals surface area contributed by atoms with Gasteiger partial charge in [-0.05, 0) is 30.5 Å². The van der Waals surface area contributed by atoms with Gasteiger partial charge < -0.3 is 9.64 Å². The van der Waals surface area contributed by atoms with E-state index >= 15 is 0 Å². The highest BCUT2D eigenvalue weighted by atomic mass is 32.2. The molecule has 1 saturated heterocycles. The summed E-state index contributed by atoms with van der Waals surface area (Å²) >= 11 is 2.98. The Morgan fingerprint density at radius 2 is 2.32 bits per heavy atom. The minimum absolute atomic E-state index is 0.226. The molecule has 8 heteroatoms. The Morgan fingerprint density at radius 1 is 1.48 bits per heavy atom. The van der Waals surface area contributed by atoms with Crippen LogP contribution >= 0.6 is 23.5 Å². The number of aromatic nitrogens is 2. The molecule has 0 bridgehead atoms. The van der Waals surface area contributed by atoms with Crippen molar-refractivity contribution in [3.05, 3.63) is 52.4 Å². The van der Waals surface area contributed by atoms with Crippen LogP contribution in [0.1, 0.15) is 15.9 Å². The van der Waals surface area contributed by atoms with Crippen molar-refractivity contribution in [3.8, 4) is 5.88 Å². The van der Waals surface area contributed by atoms with Gasteiger partial charge in [0.2, 0.25) is 5.88 Å².